The minimum Gasteiger partial charge on any atom is -0.372 e. The van der Waals surface area contributed by atoms with Crippen molar-refractivity contribution in [2.24, 2.45) is 7.05 Å². The lowest BCUT2D eigenvalue weighted by molar-refractivity contribution is -0.00576. The summed E-state index contributed by atoms with van der Waals surface area (Å²) in [5.41, 5.74) is 4.00. The molecule has 4 heterocycles. The van der Waals surface area contributed by atoms with E-state index in [1.165, 1.54) is 5.56 Å². The van der Waals surface area contributed by atoms with E-state index in [1.54, 1.807) is 0 Å². The van der Waals surface area contributed by atoms with Crippen LogP contribution in [-0.4, -0.2) is 56.5 Å². The van der Waals surface area contributed by atoms with Gasteiger partial charge in [-0.1, -0.05) is 0 Å². The molecule has 0 saturated carbocycles. The molecule has 8 nitrogen and oxygen atoms in total. The zero-order valence-electron chi connectivity index (χ0n) is 16.5. The Hall–Kier alpha value is -2.19. The van der Waals surface area contributed by atoms with E-state index in [0.29, 0.717) is 12.5 Å². The van der Waals surface area contributed by atoms with Gasteiger partial charge in [0.05, 0.1) is 23.6 Å². The van der Waals surface area contributed by atoms with Crippen molar-refractivity contribution in [1.82, 2.24) is 24.6 Å². The number of nitrogens with zero attached hydrogens (tertiary/aromatic N) is 5. The fourth-order valence-corrected chi connectivity index (χ4v) is 4.16. The summed E-state index contributed by atoms with van der Waals surface area (Å²) in [6, 6.07) is 0. The third-order valence-electron chi connectivity index (χ3n) is 5.37. The molecule has 0 aliphatic carbocycles. The molecule has 4 rings (SSSR count). The molecule has 0 amide bonds. The Bertz CT molecular complexity index is 879. The van der Waals surface area contributed by atoms with Gasteiger partial charge in [-0.25, -0.2) is 4.98 Å². The van der Waals surface area contributed by atoms with Crippen LogP contribution in [0.2, 0.25) is 0 Å². The molecular formula is C19H28N6O2. The molecule has 27 heavy (non-hydrogen) atoms. The number of hydrogen-bond donors (Lipinski definition) is 1. The lowest BCUT2D eigenvalue weighted by Crippen LogP contribution is -2.47. The van der Waals surface area contributed by atoms with Gasteiger partial charge in [-0.05, 0) is 27.2 Å². The molecule has 1 fully saturated rings. The highest BCUT2D eigenvalue weighted by Crippen LogP contribution is 2.21. The highest BCUT2D eigenvalue weighted by Gasteiger charge is 2.27. The van der Waals surface area contributed by atoms with Crippen molar-refractivity contribution in [1.29, 1.82) is 0 Å². The molecular weight excluding hydrogens is 344 g/mol. The lowest BCUT2D eigenvalue weighted by Gasteiger charge is -2.36. The van der Waals surface area contributed by atoms with Crippen LogP contribution in [0.3, 0.4) is 0 Å². The van der Waals surface area contributed by atoms with Crippen LogP contribution in [0, 0.1) is 6.92 Å². The van der Waals surface area contributed by atoms with E-state index in [9.17, 15) is 4.79 Å². The van der Waals surface area contributed by atoms with Crippen molar-refractivity contribution in [3.05, 3.63) is 39.1 Å². The van der Waals surface area contributed by atoms with Crippen molar-refractivity contribution in [2.45, 2.75) is 52.5 Å². The highest BCUT2D eigenvalue weighted by molar-refractivity contribution is 5.35. The predicted octanol–water partition coefficient (Wildman–Crippen LogP) is 0.984. The van der Waals surface area contributed by atoms with Crippen molar-refractivity contribution in [2.75, 3.05) is 24.5 Å². The van der Waals surface area contributed by atoms with Crippen LogP contribution >= 0.6 is 0 Å². The monoisotopic (exact) mass is 372 g/mol. The maximum absolute atomic E-state index is 12.6. The zero-order valence-corrected chi connectivity index (χ0v) is 16.5. The van der Waals surface area contributed by atoms with Gasteiger partial charge < -0.3 is 9.64 Å². The molecule has 0 spiro atoms. The predicted molar refractivity (Wildman–Crippen MR) is 103 cm³/mol. The maximum Gasteiger partial charge on any atom is 0.255 e. The first-order chi connectivity index (χ1) is 12.9. The summed E-state index contributed by atoms with van der Waals surface area (Å²) in [7, 11) is 1.94. The second-order valence-corrected chi connectivity index (χ2v) is 7.85. The van der Waals surface area contributed by atoms with Gasteiger partial charge >= 0.3 is 0 Å². The lowest BCUT2D eigenvalue weighted by atomic mass is 10.1. The van der Waals surface area contributed by atoms with Crippen LogP contribution in [0.15, 0.2) is 11.0 Å². The van der Waals surface area contributed by atoms with E-state index in [4.69, 9.17) is 9.72 Å². The first-order valence-corrected chi connectivity index (χ1v) is 9.63. The molecule has 0 unspecified atom stereocenters. The summed E-state index contributed by atoms with van der Waals surface area (Å²) in [5, 5.41) is 4.43. The summed E-state index contributed by atoms with van der Waals surface area (Å²) in [5.74, 6) is 0.667. The van der Waals surface area contributed by atoms with Gasteiger partial charge in [-0.2, -0.15) is 5.10 Å². The fraction of sp³-hybridized carbons (Fsp3) is 0.632. The first kappa shape index (κ1) is 18.2. The molecule has 2 aromatic heterocycles. The van der Waals surface area contributed by atoms with Crippen molar-refractivity contribution in [3.63, 3.8) is 0 Å². The quantitative estimate of drug-likeness (QED) is 0.865. The third-order valence-corrected chi connectivity index (χ3v) is 5.37. The molecule has 0 aromatic carbocycles. The number of rotatable bonds is 3. The average molecular weight is 372 g/mol. The Morgan fingerprint density at radius 2 is 2.04 bits per heavy atom. The van der Waals surface area contributed by atoms with Crippen LogP contribution in [0.5, 0.6) is 0 Å². The van der Waals surface area contributed by atoms with Gasteiger partial charge in [0.2, 0.25) is 5.95 Å². The van der Waals surface area contributed by atoms with Crippen LogP contribution in [-0.2, 0) is 31.3 Å². The molecule has 8 heteroatoms. The minimum absolute atomic E-state index is 0.000920. The number of aromatic nitrogens is 4. The Kier molecular flexibility index (Phi) is 4.77. The Balaban J connectivity index is 1.56. The number of aryl methyl sites for hydroxylation is 2. The average Bonchev–Trinajstić information content (AvgIpc) is 2.91. The van der Waals surface area contributed by atoms with E-state index < -0.39 is 0 Å². The van der Waals surface area contributed by atoms with Gasteiger partial charge in [0.25, 0.3) is 5.56 Å². The molecule has 2 aromatic rings. The molecule has 146 valence electrons. The van der Waals surface area contributed by atoms with Crippen molar-refractivity contribution in [3.8, 4) is 0 Å². The number of fused-ring (bicyclic) bond motifs is 1. The Labute approximate surface area is 159 Å². The molecule has 2 atom stereocenters. The van der Waals surface area contributed by atoms with E-state index >= 15 is 0 Å². The van der Waals surface area contributed by atoms with Gasteiger partial charge in [0.1, 0.15) is 0 Å². The molecule has 2 aliphatic heterocycles. The SMILES string of the molecule is Cc1nn(C)cc1CN1CCc2c(nc(N3C[C@H](C)O[C@@H](C)C3)[nH]c2=O)C1. The second-order valence-electron chi connectivity index (χ2n) is 7.85. The number of hydrogen-bond acceptors (Lipinski definition) is 6. The van der Waals surface area contributed by atoms with Gasteiger partial charge in [-0.3, -0.25) is 19.4 Å². The van der Waals surface area contributed by atoms with E-state index in [2.05, 4.69) is 39.9 Å². The Morgan fingerprint density at radius 1 is 1.30 bits per heavy atom. The fourth-order valence-electron chi connectivity index (χ4n) is 4.16. The first-order valence-electron chi connectivity index (χ1n) is 9.63. The van der Waals surface area contributed by atoms with Gasteiger partial charge in [0.15, 0.2) is 0 Å². The minimum atomic E-state index is -0.000920. The number of anilines is 1. The van der Waals surface area contributed by atoms with Crippen molar-refractivity contribution >= 4 is 5.95 Å². The number of ether oxygens (including phenoxy) is 1. The van der Waals surface area contributed by atoms with Gasteiger partial charge in [-0.15, -0.1) is 0 Å². The highest BCUT2D eigenvalue weighted by atomic mass is 16.5. The van der Waals surface area contributed by atoms with Crippen LogP contribution in [0.25, 0.3) is 0 Å². The van der Waals surface area contributed by atoms with Crippen LogP contribution in [0.1, 0.15) is 36.4 Å². The number of nitrogens with one attached hydrogen (secondary N) is 1. The summed E-state index contributed by atoms with van der Waals surface area (Å²) >= 11 is 0. The third kappa shape index (κ3) is 3.77. The largest absolute Gasteiger partial charge is 0.372 e. The van der Waals surface area contributed by atoms with Crippen LogP contribution < -0.4 is 10.5 Å². The molecule has 1 saturated heterocycles. The number of aromatic amines is 1. The second kappa shape index (κ2) is 7.09. The summed E-state index contributed by atoms with van der Waals surface area (Å²) < 4.78 is 7.65. The summed E-state index contributed by atoms with van der Waals surface area (Å²) in [6.07, 6.45) is 3.05. The van der Waals surface area contributed by atoms with Gasteiger partial charge in [0, 0.05) is 57.1 Å². The molecule has 1 N–H and O–H groups in total. The topological polar surface area (TPSA) is 79.3 Å². The number of morpholine rings is 1. The summed E-state index contributed by atoms with van der Waals surface area (Å²) in [4.78, 5) is 24.9. The number of H-pyrrole nitrogens is 1. The van der Waals surface area contributed by atoms with E-state index in [-0.39, 0.29) is 17.8 Å². The summed E-state index contributed by atoms with van der Waals surface area (Å²) in [6.45, 7) is 10.0. The molecule has 0 radical (unpaired) electrons. The Morgan fingerprint density at radius 3 is 2.70 bits per heavy atom. The van der Waals surface area contributed by atoms with E-state index in [0.717, 1.165) is 49.6 Å². The van der Waals surface area contributed by atoms with E-state index in [1.807, 2.05) is 18.7 Å². The van der Waals surface area contributed by atoms with Crippen molar-refractivity contribution < 1.29 is 4.74 Å². The van der Waals surface area contributed by atoms with Crippen LogP contribution in [0.4, 0.5) is 5.95 Å². The standard InChI is InChI=1S/C19H28N6O2/c1-12-7-25(8-13(2)27-12)19-20-17-11-24(6-5-16(17)18(26)21-19)10-15-9-23(4)22-14(15)3/h9,12-13H,5-8,10-11H2,1-4H3,(H,20,21,26)/t12-,13-/m0/s1. The normalized spacial score (nSPS) is 23.5. The maximum atomic E-state index is 12.6. The molecule has 0 bridgehead atoms. The molecule has 2 aliphatic rings. The zero-order chi connectivity index (χ0) is 19.1. The smallest absolute Gasteiger partial charge is 0.255 e.